The fourth-order valence-electron chi connectivity index (χ4n) is 6.21. The first kappa shape index (κ1) is 33.3. The van der Waals surface area contributed by atoms with Gasteiger partial charge in [-0.1, -0.05) is 60.5 Å². The Morgan fingerprint density at radius 3 is 1.37 bits per heavy atom. The molecule has 2 heterocycles. The maximum absolute atomic E-state index is 13.5. The third-order valence-electron chi connectivity index (χ3n) is 8.50. The predicted octanol–water partition coefficient (Wildman–Crippen LogP) is 8.31. The number of azide groups is 2. The van der Waals surface area contributed by atoms with Gasteiger partial charge in [0.25, 0.3) is 0 Å². The van der Waals surface area contributed by atoms with Crippen molar-refractivity contribution in [2.75, 3.05) is 13.1 Å². The van der Waals surface area contributed by atoms with E-state index >= 15 is 0 Å². The van der Waals surface area contributed by atoms with Crippen LogP contribution in [0.5, 0.6) is 0 Å². The number of aromatic nitrogens is 4. The van der Waals surface area contributed by atoms with E-state index in [1.54, 1.807) is 0 Å². The summed E-state index contributed by atoms with van der Waals surface area (Å²) in [5.74, 6) is 1.57. The number of hydrogen-bond acceptors (Lipinski definition) is 6. The van der Waals surface area contributed by atoms with Gasteiger partial charge in [0.15, 0.2) is 9.84 Å². The molecule has 0 saturated heterocycles. The number of benzene rings is 4. The quantitative estimate of drug-likeness (QED) is 0.0645. The molecule has 248 valence electrons. The molecule has 13 heteroatoms. The SMILES string of the molecule is CCc1nc2cc(CS(=O)(=O)Cc3ccc4c(c3)nc(CC)n4-c3ccc(CCN=[N+]=[N-])cc3)ccc2n1-c1ccc(CCN=[N+]=[N-])cc1. The van der Waals surface area contributed by atoms with Crippen molar-refractivity contribution in [2.24, 2.45) is 10.2 Å². The molecule has 12 nitrogen and oxygen atoms in total. The highest BCUT2D eigenvalue weighted by Crippen LogP contribution is 2.27. The van der Waals surface area contributed by atoms with Gasteiger partial charge in [-0.25, -0.2) is 18.4 Å². The first-order chi connectivity index (χ1) is 23.8. The van der Waals surface area contributed by atoms with Crippen molar-refractivity contribution in [1.29, 1.82) is 0 Å². The van der Waals surface area contributed by atoms with Crippen molar-refractivity contribution >= 4 is 31.9 Å². The lowest BCUT2D eigenvalue weighted by Gasteiger charge is -2.10. The van der Waals surface area contributed by atoms with Gasteiger partial charge in [-0.15, -0.1) is 0 Å². The summed E-state index contributed by atoms with van der Waals surface area (Å²) in [4.78, 5) is 15.3. The summed E-state index contributed by atoms with van der Waals surface area (Å²) in [6.45, 7) is 4.92. The average molecular weight is 673 g/mol. The van der Waals surface area contributed by atoms with Crippen molar-refractivity contribution in [2.45, 2.75) is 51.0 Å². The number of hydrogen-bond donors (Lipinski definition) is 0. The van der Waals surface area contributed by atoms with Crippen LogP contribution in [0.1, 0.15) is 47.8 Å². The Kier molecular flexibility index (Phi) is 9.96. The van der Waals surface area contributed by atoms with Crippen molar-refractivity contribution in [1.82, 2.24) is 19.1 Å². The van der Waals surface area contributed by atoms with Crippen LogP contribution in [-0.4, -0.2) is 40.6 Å². The molecular formula is C36H36N10O2S. The van der Waals surface area contributed by atoms with E-state index in [0.717, 1.165) is 56.2 Å². The molecule has 0 saturated carbocycles. The standard InChI is InChI=1S/C36H36N10O2S/c1-3-35-41-31-21-27(9-15-33(31)45(35)29-11-5-25(6-12-29)17-19-39-43-37)23-49(47,48)24-28-10-16-34-32(22-28)42-36(4-2)46(34)30-13-7-26(8-14-30)18-20-40-44-38/h5-16,21-22H,3-4,17-20,23-24H2,1-2H3. The van der Waals surface area contributed by atoms with E-state index in [-0.39, 0.29) is 11.5 Å². The number of sulfone groups is 1. The summed E-state index contributed by atoms with van der Waals surface area (Å²) >= 11 is 0. The molecule has 0 radical (unpaired) electrons. The Morgan fingerprint density at radius 2 is 1.00 bits per heavy atom. The van der Waals surface area contributed by atoms with Gasteiger partial charge in [-0.05, 0) is 94.7 Å². The molecule has 2 aromatic heterocycles. The van der Waals surface area contributed by atoms with Gasteiger partial charge in [0.1, 0.15) is 11.6 Å². The Bertz CT molecular complexity index is 2170. The molecule has 0 aliphatic rings. The van der Waals surface area contributed by atoms with E-state index < -0.39 is 9.84 Å². The van der Waals surface area contributed by atoms with Crippen LogP contribution in [0.3, 0.4) is 0 Å². The monoisotopic (exact) mass is 672 g/mol. The zero-order valence-corrected chi connectivity index (χ0v) is 28.3. The minimum absolute atomic E-state index is 0.101. The van der Waals surface area contributed by atoms with Crippen LogP contribution < -0.4 is 0 Å². The van der Waals surface area contributed by atoms with Gasteiger partial charge >= 0.3 is 0 Å². The molecule has 0 spiro atoms. The molecule has 0 amide bonds. The Labute approximate surface area is 284 Å². The Balaban J connectivity index is 1.20. The van der Waals surface area contributed by atoms with E-state index in [1.807, 2.05) is 98.8 Å². The molecular weight excluding hydrogens is 637 g/mol. The molecule has 0 N–H and O–H groups in total. The topological polar surface area (TPSA) is 167 Å². The Morgan fingerprint density at radius 1 is 0.612 bits per heavy atom. The summed E-state index contributed by atoms with van der Waals surface area (Å²) in [6.07, 6.45) is 2.76. The van der Waals surface area contributed by atoms with Crippen molar-refractivity contribution in [3.63, 3.8) is 0 Å². The molecule has 0 fully saturated rings. The summed E-state index contributed by atoms with van der Waals surface area (Å²) in [5.41, 5.74) is 25.9. The number of rotatable bonds is 14. The average Bonchev–Trinajstić information content (AvgIpc) is 3.66. The summed E-state index contributed by atoms with van der Waals surface area (Å²) < 4.78 is 31.2. The fraction of sp³-hybridized carbons (Fsp3) is 0.278. The summed E-state index contributed by atoms with van der Waals surface area (Å²) in [6, 6.07) is 27.6. The first-order valence-corrected chi connectivity index (χ1v) is 18.1. The highest BCUT2D eigenvalue weighted by Gasteiger charge is 2.18. The normalized spacial score (nSPS) is 11.5. The van der Waals surface area contributed by atoms with Gasteiger partial charge in [0.2, 0.25) is 0 Å². The maximum atomic E-state index is 13.5. The van der Waals surface area contributed by atoms with Crippen LogP contribution in [0.25, 0.3) is 54.3 Å². The maximum Gasteiger partial charge on any atom is 0.158 e. The highest BCUT2D eigenvalue weighted by molar-refractivity contribution is 7.89. The molecule has 6 rings (SSSR count). The molecule has 4 aromatic carbocycles. The molecule has 6 aromatic rings. The Hall–Kier alpha value is -5.61. The van der Waals surface area contributed by atoms with Gasteiger partial charge in [-0.2, -0.15) is 0 Å². The van der Waals surface area contributed by atoms with E-state index in [2.05, 4.69) is 29.2 Å². The van der Waals surface area contributed by atoms with Crippen molar-refractivity contribution < 1.29 is 8.42 Å². The molecule has 49 heavy (non-hydrogen) atoms. The van der Waals surface area contributed by atoms with E-state index in [9.17, 15) is 8.42 Å². The zero-order chi connectivity index (χ0) is 34.4. The fourth-order valence-corrected chi connectivity index (χ4v) is 7.69. The molecule has 0 atom stereocenters. The third kappa shape index (κ3) is 7.44. The van der Waals surface area contributed by atoms with Crippen LogP contribution in [0.4, 0.5) is 0 Å². The minimum Gasteiger partial charge on any atom is -0.296 e. The first-order valence-electron chi connectivity index (χ1n) is 16.2. The van der Waals surface area contributed by atoms with E-state index in [0.29, 0.717) is 49.9 Å². The number of nitrogens with zero attached hydrogens (tertiary/aromatic N) is 10. The lowest BCUT2D eigenvalue weighted by molar-refractivity contribution is 0.594. The predicted molar refractivity (Wildman–Crippen MR) is 193 cm³/mol. The summed E-state index contributed by atoms with van der Waals surface area (Å²) in [5, 5.41) is 7.23. The number of imidazole rings is 2. The van der Waals surface area contributed by atoms with Gasteiger partial charge in [-0.3, -0.25) is 9.13 Å². The summed E-state index contributed by atoms with van der Waals surface area (Å²) in [7, 11) is -3.51. The van der Waals surface area contributed by atoms with E-state index in [4.69, 9.17) is 21.0 Å². The van der Waals surface area contributed by atoms with Crippen LogP contribution in [0, 0.1) is 0 Å². The minimum atomic E-state index is -3.51. The highest BCUT2D eigenvalue weighted by atomic mass is 32.2. The zero-order valence-electron chi connectivity index (χ0n) is 27.4. The smallest absolute Gasteiger partial charge is 0.158 e. The molecule has 0 unspecified atom stereocenters. The number of fused-ring (bicyclic) bond motifs is 2. The second-order valence-corrected chi connectivity index (χ2v) is 13.9. The molecule has 0 aliphatic heterocycles. The third-order valence-corrected chi connectivity index (χ3v) is 10.0. The lowest BCUT2D eigenvalue weighted by Crippen LogP contribution is -2.08. The second kappa shape index (κ2) is 14.7. The van der Waals surface area contributed by atoms with Crippen LogP contribution in [0.15, 0.2) is 95.2 Å². The molecule has 0 aliphatic carbocycles. The van der Waals surface area contributed by atoms with E-state index in [1.165, 1.54) is 0 Å². The van der Waals surface area contributed by atoms with Crippen molar-refractivity contribution in [3.8, 4) is 11.4 Å². The van der Waals surface area contributed by atoms with Crippen LogP contribution >= 0.6 is 0 Å². The lowest BCUT2D eigenvalue weighted by atomic mass is 10.1. The van der Waals surface area contributed by atoms with Gasteiger partial charge in [0.05, 0.1) is 33.6 Å². The van der Waals surface area contributed by atoms with Crippen molar-refractivity contribution in [3.05, 3.63) is 140 Å². The largest absolute Gasteiger partial charge is 0.296 e. The number of aryl methyl sites for hydroxylation is 2. The molecule has 0 bridgehead atoms. The van der Waals surface area contributed by atoms with Gasteiger partial charge in [0, 0.05) is 47.1 Å². The van der Waals surface area contributed by atoms with Crippen LogP contribution in [-0.2, 0) is 47.0 Å². The van der Waals surface area contributed by atoms with Crippen LogP contribution in [0.2, 0.25) is 0 Å². The second-order valence-electron chi connectivity index (χ2n) is 11.9. The van der Waals surface area contributed by atoms with Gasteiger partial charge < -0.3 is 0 Å².